The van der Waals surface area contributed by atoms with Crippen molar-refractivity contribution in [1.29, 1.82) is 0 Å². The highest BCUT2D eigenvalue weighted by Gasteiger charge is 2.40. The SMILES string of the molecule is O=C(O)c1c(NC(=O)C(F)(F)F)sc2c1CCCCCC2. The van der Waals surface area contributed by atoms with E-state index in [4.69, 9.17) is 0 Å². The Morgan fingerprint density at radius 3 is 2.29 bits per heavy atom. The minimum atomic E-state index is -5.03. The number of hydrogen-bond acceptors (Lipinski definition) is 3. The van der Waals surface area contributed by atoms with Crippen molar-refractivity contribution in [3.8, 4) is 0 Å². The molecule has 4 nitrogen and oxygen atoms in total. The van der Waals surface area contributed by atoms with E-state index in [9.17, 15) is 27.9 Å². The predicted octanol–water partition coefficient (Wildman–Crippen LogP) is 3.61. The van der Waals surface area contributed by atoms with Crippen LogP contribution in [0.5, 0.6) is 0 Å². The van der Waals surface area contributed by atoms with Crippen LogP contribution in [0.2, 0.25) is 0 Å². The molecule has 0 unspecified atom stereocenters. The molecule has 1 heterocycles. The zero-order valence-electron chi connectivity index (χ0n) is 11.0. The highest BCUT2D eigenvalue weighted by atomic mass is 32.1. The topological polar surface area (TPSA) is 66.4 Å². The zero-order chi connectivity index (χ0) is 15.6. The minimum absolute atomic E-state index is 0.186. The van der Waals surface area contributed by atoms with Gasteiger partial charge >= 0.3 is 18.1 Å². The molecule has 21 heavy (non-hydrogen) atoms. The van der Waals surface area contributed by atoms with E-state index in [1.807, 2.05) is 0 Å². The van der Waals surface area contributed by atoms with Gasteiger partial charge < -0.3 is 10.4 Å². The maximum Gasteiger partial charge on any atom is 0.471 e. The Hall–Kier alpha value is -1.57. The van der Waals surface area contributed by atoms with Gasteiger partial charge in [-0.3, -0.25) is 4.79 Å². The largest absolute Gasteiger partial charge is 0.478 e. The Labute approximate surface area is 123 Å². The van der Waals surface area contributed by atoms with Gasteiger partial charge in [0.2, 0.25) is 0 Å². The van der Waals surface area contributed by atoms with Crippen LogP contribution in [0.25, 0.3) is 0 Å². The number of anilines is 1. The van der Waals surface area contributed by atoms with E-state index in [0.29, 0.717) is 18.4 Å². The number of nitrogens with one attached hydrogen (secondary N) is 1. The summed E-state index contributed by atoms with van der Waals surface area (Å²) in [4.78, 5) is 23.2. The molecule has 0 saturated heterocycles. The van der Waals surface area contributed by atoms with Gasteiger partial charge in [-0.1, -0.05) is 12.8 Å². The van der Waals surface area contributed by atoms with Crippen LogP contribution in [-0.4, -0.2) is 23.2 Å². The number of aryl methyl sites for hydroxylation is 1. The van der Waals surface area contributed by atoms with Gasteiger partial charge in [0, 0.05) is 4.88 Å². The summed E-state index contributed by atoms with van der Waals surface area (Å²) in [6.07, 6.45) is -0.204. The summed E-state index contributed by atoms with van der Waals surface area (Å²) in [6, 6.07) is 0. The molecular weight excluding hydrogens is 307 g/mol. The fourth-order valence-corrected chi connectivity index (χ4v) is 3.68. The minimum Gasteiger partial charge on any atom is -0.478 e. The standard InChI is InChI=1S/C13H14F3NO3S/c14-13(15,16)12(20)17-10-9(11(18)19)7-5-3-1-2-4-6-8(7)21-10/h1-6H2,(H,17,20)(H,18,19). The highest BCUT2D eigenvalue weighted by Crippen LogP contribution is 2.37. The van der Waals surface area contributed by atoms with E-state index in [0.717, 1.165) is 41.9 Å². The number of carboxylic acid groups (broad SMARTS) is 1. The van der Waals surface area contributed by atoms with Crippen LogP contribution < -0.4 is 5.32 Å². The number of aromatic carboxylic acids is 1. The fraction of sp³-hybridized carbons (Fsp3) is 0.538. The summed E-state index contributed by atoms with van der Waals surface area (Å²) >= 11 is 0.945. The molecular formula is C13H14F3NO3S. The number of amides is 1. The van der Waals surface area contributed by atoms with E-state index in [2.05, 4.69) is 0 Å². The van der Waals surface area contributed by atoms with E-state index in [1.54, 1.807) is 5.32 Å². The van der Waals surface area contributed by atoms with Crippen LogP contribution in [0.3, 0.4) is 0 Å². The zero-order valence-corrected chi connectivity index (χ0v) is 11.9. The number of thiophene rings is 1. The molecule has 2 N–H and O–H groups in total. The smallest absolute Gasteiger partial charge is 0.471 e. The molecule has 0 radical (unpaired) electrons. The third-order valence-electron chi connectivity index (χ3n) is 3.37. The van der Waals surface area contributed by atoms with Gasteiger partial charge in [-0.15, -0.1) is 11.3 Å². The second-order valence-corrected chi connectivity index (χ2v) is 5.98. The fourth-order valence-electron chi connectivity index (χ4n) is 2.41. The van der Waals surface area contributed by atoms with E-state index < -0.39 is 18.1 Å². The first kappa shape index (κ1) is 15.8. The van der Waals surface area contributed by atoms with Crippen LogP contribution in [0.4, 0.5) is 18.2 Å². The Bertz CT molecular complexity index is 566. The normalized spacial score (nSPS) is 15.8. The first-order valence-corrected chi connectivity index (χ1v) is 7.38. The molecule has 1 aromatic heterocycles. The van der Waals surface area contributed by atoms with Crippen LogP contribution in [0, 0.1) is 0 Å². The van der Waals surface area contributed by atoms with Gasteiger partial charge in [-0.05, 0) is 31.2 Å². The number of alkyl halides is 3. The summed E-state index contributed by atoms with van der Waals surface area (Å²) in [6.45, 7) is 0. The van der Waals surface area contributed by atoms with Crippen molar-refractivity contribution in [2.45, 2.75) is 44.7 Å². The third-order valence-corrected chi connectivity index (χ3v) is 4.58. The summed E-state index contributed by atoms with van der Waals surface area (Å²) in [7, 11) is 0. The van der Waals surface area contributed by atoms with Gasteiger partial charge in [0.1, 0.15) is 5.00 Å². The molecule has 1 aliphatic rings. The van der Waals surface area contributed by atoms with Gasteiger partial charge in [0.05, 0.1) is 5.56 Å². The number of hydrogen-bond donors (Lipinski definition) is 2. The molecule has 0 bridgehead atoms. The summed E-state index contributed by atoms with van der Waals surface area (Å²) < 4.78 is 37.0. The van der Waals surface area contributed by atoms with Crippen molar-refractivity contribution in [2.24, 2.45) is 0 Å². The molecule has 0 fully saturated rings. The average Bonchev–Trinajstić information content (AvgIpc) is 2.65. The molecule has 1 amide bonds. The third kappa shape index (κ3) is 3.55. The average molecular weight is 321 g/mol. The number of rotatable bonds is 2. The lowest BCUT2D eigenvalue weighted by Crippen LogP contribution is -2.30. The Kier molecular flexibility index (Phi) is 4.55. The number of carbonyl (C=O) groups excluding carboxylic acids is 1. The molecule has 0 spiro atoms. The van der Waals surface area contributed by atoms with Crippen molar-refractivity contribution in [3.63, 3.8) is 0 Å². The van der Waals surface area contributed by atoms with Crippen molar-refractivity contribution >= 4 is 28.2 Å². The van der Waals surface area contributed by atoms with Gasteiger partial charge in [-0.25, -0.2) is 4.79 Å². The maximum absolute atomic E-state index is 12.3. The van der Waals surface area contributed by atoms with Gasteiger partial charge in [0.15, 0.2) is 0 Å². The molecule has 1 aromatic rings. The summed E-state index contributed by atoms with van der Waals surface area (Å²) in [5.74, 6) is -3.44. The monoisotopic (exact) mass is 321 g/mol. The van der Waals surface area contributed by atoms with Crippen LogP contribution >= 0.6 is 11.3 Å². The quantitative estimate of drug-likeness (QED) is 0.874. The summed E-state index contributed by atoms with van der Waals surface area (Å²) in [5.41, 5.74) is 0.388. The molecule has 0 atom stereocenters. The van der Waals surface area contributed by atoms with Gasteiger partial charge in [0.25, 0.3) is 0 Å². The molecule has 8 heteroatoms. The number of halogens is 3. The molecule has 0 saturated carbocycles. The van der Waals surface area contributed by atoms with Gasteiger partial charge in [-0.2, -0.15) is 13.2 Å². The number of carboxylic acids is 1. The van der Waals surface area contributed by atoms with E-state index >= 15 is 0 Å². The molecule has 1 aliphatic carbocycles. The lowest BCUT2D eigenvalue weighted by atomic mass is 9.96. The number of carbonyl (C=O) groups is 2. The van der Waals surface area contributed by atoms with Crippen molar-refractivity contribution in [1.82, 2.24) is 0 Å². The first-order valence-electron chi connectivity index (χ1n) is 6.56. The van der Waals surface area contributed by atoms with Crippen molar-refractivity contribution < 1.29 is 27.9 Å². The summed E-state index contributed by atoms with van der Waals surface area (Å²) in [5, 5.41) is 10.8. The van der Waals surface area contributed by atoms with E-state index in [-0.39, 0.29) is 10.6 Å². The Balaban J connectivity index is 2.39. The lowest BCUT2D eigenvalue weighted by Gasteiger charge is -2.10. The van der Waals surface area contributed by atoms with E-state index in [1.165, 1.54) is 0 Å². The first-order chi connectivity index (χ1) is 9.80. The Morgan fingerprint density at radius 2 is 1.71 bits per heavy atom. The highest BCUT2D eigenvalue weighted by molar-refractivity contribution is 7.17. The van der Waals surface area contributed by atoms with Crippen LogP contribution in [0.1, 0.15) is 46.5 Å². The maximum atomic E-state index is 12.3. The van der Waals surface area contributed by atoms with Crippen LogP contribution in [-0.2, 0) is 17.6 Å². The molecule has 0 aliphatic heterocycles. The lowest BCUT2D eigenvalue weighted by molar-refractivity contribution is -0.167. The molecule has 2 rings (SSSR count). The second-order valence-electron chi connectivity index (χ2n) is 4.88. The predicted molar refractivity (Wildman–Crippen MR) is 71.8 cm³/mol. The van der Waals surface area contributed by atoms with Crippen molar-refractivity contribution in [2.75, 3.05) is 5.32 Å². The molecule has 0 aromatic carbocycles. The molecule has 116 valence electrons. The van der Waals surface area contributed by atoms with Crippen molar-refractivity contribution in [3.05, 3.63) is 16.0 Å². The second kappa shape index (κ2) is 6.05. The Morgan fingerprint density at radius 1 is 1.10 bits per heavy atom. The number of fused-ring (bicyclic) bond motifs is 1. The van der Waals surface area contributed by atoms with Crippen LogP contribution in [0.15, 0.2) is 0 Å².